The first-order valence-electron chi connectivity index (χ1n) is 16.0. The van der Waals surface area contributed by atoms with Gasteiger partial charge in [-0.05, 0) is 71.2 Å². The maximum atomic E-state index is 10.8. The summed E-state index contributed by atoms with van der Waals surface area (Å²) >= 11 is 0. The van der Waals surface area contributed by atoms with Gasteiger partial charge in [-0.1, -0.05) is 109 Å². The zero-order chi connectivity index (χ0) is 33.3. The Balaban J connectivity index is 0.000000333. The van der Waals surface area contributed by atoms with Crippen LogP contribution in [0.4, 0.5) is 0 Å². The fourth-order valence-electron chi connectivity index (χ4n) is 5.47. The second-order valence-corrected chi connectivity index (χ2v) is 13.8. The van der Waals surface area contributed by atoms with Crippen LogP contribution >= 0.6 is 0 Å². The summed E-state index contributed by atoms with van der Waals surface area (Å²) in [7, 11) is 0. The van der Waals surface area contributed by atoms with Crippen molar-refractivity contribution >= 4 is 12.4 Å². The number of rotatable bonds is 6. The average Bonchev–Trinajstić information content (AvgIpc) is 3.01. The first-order valence-corrected chi connectivity index (χ1v) is 16.0. The molecule has 2 unspecified atom stereocenters. The number of nitrogens with zero attached hydrogens (tertiary/aromatic N) is 2. The standard InChI is InChI=1S/C28H38N2O2.C12H10O2.Co/c1-27(2,3)21-13-9-11-19(25(21)31)17-29-23-15-7-8-16-24(23)30-18-20-12-10-14-22(26(20)32)28(4,5)6;13-10-6-8-12(9-7-10)14-11-4-2-1-3-5-11;/h9-14,17-18,23-24,31-32H,7-8,15-16H2,1-6H3;1-9,13H;/p-1. The van der Waals surface area contributed by atoms with E-state index in [0.717, 1.165) is 53.7 Å². The van der Waals surface area contributed by atoms with E-state index in [-0.39, 0.29) is 45.4 Å². The van der Waals surface area contributed by atoms with Crippen LogP contribution in [0.3, 0.4) is 0 Å². The summed E-state index contributed by atoms with van der Waals surface area (Å²) in [5.41, 5.74) is 3.09. The average molecular weight is 679 g/mol. The van der Waals surface area contributed by atoms with E-state index in [0.29, 0.717) is 17.2 Å². The molecule has 6 nitrogen and oxygen atoms in total. The molecule has 2 N–H and O–H groups in total. The van der Waals surface area contributed by atoms with Crippen LogP contribution in [0.2, 0.25) is 0 Å². The molecule has 0 saturated heterocycles. The number of phenols is 2. The summed E-state index contributed by atoms with van der Waals surface area (Å²) in [5.74, 6) is 2.06. The van der Waals surface area contributed by atoms with Crippen molar-refractivity contribution in [1.82, 2.24) is 0 Å². The maximum absolute atomic E-state index is 10.8. The van der Waals surface area contributed by atoms with Gasteiger partial charge in [0.1, 0.15) is 23.0 Å². The van der Waals surface area contributed by atoms with E-state index >= 15 is 0 Å². The van der Waals surface area contributed by atoms with E-state index in [1.807, 2.05) is 66.7 Å². The number of hydrogen-bond donors (Lipinski definition) is 2. The molecule has 0 heterocycles. The zero-order valence-electron chi connectivity index (χ0n) is 28.2. The van der Waals surface area contributed by atoms with Crippen LogP contribution in [-0.4, -0.2) is 34.7 Å². The van der Waals surface area contributed by atoms with Crippen molar-refractivity contribution in [3.05, 3.63) is 113 Å². The molecule has 4 aromatic carbocycles. The van der Waals surface area contributed by atoms with Crippen molar-refractivity contribution in [3.63, 3.8) is 0 Å². The minimum absolute atomic E-state index is 0. The Morgan fingerprint density at radius 3 is 1.47 bits per heavy atom. The third-order valence-corrected chi connectivity index (χ3v) is 8.06. The number of hydrogen-bond acceptors (Lipinski definition) is 6. The molecule has 1 fully saturated rings. The summed E-state index contributed by atoms with van der Waals surface area (Å²) in [4.78, 5) is 9.70. The number of phenolic OH excluding ortho intramolecular Hbond substituents is 2. The predicted octanol–water partition coefficient (Wildman–Crippen LogP) is 9.09. The van der Waals surface area contributed by atoms with E-state index in [2.05, 4.69) is 41.5 Å². The molecule has 1 radical (unpaired) electrons. The zero-order valence-corrected chi connectivity index (χ0v) is 29.3. The van der Waals surface area contributed by atoms with Gasteiger partial charge in [0.2, 0.25) is 0 Å². The van der Waals surface area contributed by atoms with Crippen molar-refractivity contribution < 1.29 is 36.8 Å². The second kappa shape index (κ2) is 16.7. The number of benzene rings is 4. The van der Waals surface area contributed by atoms with Crippen molar-refractivity contribution in [2.24, 2.45) is 9.98 Å². The van der Waals surface area contributed by atoms with Crippen molar-refractivity contribution in [2.45, 2.75) is 90.1 Å². The number of aromatic hydroxyl groups is 2. The van der Waals surface area contributed by atoms with Gasteiger partial charge in [0.25, 0.3) is 0 Å². The summed E-state index contributed by atoms with van der Waals surface area (Å²) < 4.78 is 5.49. The fourth-order valence-corrected chi connectivity index (χ4v) is 5.47. The Labute approximate surface area is 290 Å². The van der Waals surface area contributed by atoms with Gasteiger partial charge in [-0.25, -0.2) is 0 Å². The van der Waals surface area contributed by atoms with E-state index in [9.17, 15) is 15.3 Å². The molecule has 1 aliphatic rings. The molecule has 0 amide bonds. The summed E-state index contributed by atoms with van der Waals surface area (Å²) in [6, 6.07) is 27.6. The Kier molecular flexibility index (Phi) is 13.3. The maximum Gasteiger partial charge on any atom is 0.128 e. The minimum Gasteiger partial charge on any atom is -0.872 e. The van der Waals surface area contributed by atoms with E-state index in [1.54, 1.807) is 24.6 Å². The number of para-hydroxylation sites is 3. The summed E-state index contributed by atoms with van der Waals surface area (Å²) in [5, 5.41) is 32.3. The normalized spacial score (nSPS) is 16.7. The van der Waals surface area contributed by atoms with Crippen LogP contribution < -0.4 is 9.84 Å². The molecular weight excluding hydrogens is 631 g/mol. The number of aliphatic imine (C=N–C) groups is 2. The van der Waals surface area contributed by atoms with Crippen LogP contribution in [0.5, 0.6) is 28.7 Å². The second-order valence-electron chi connectivity index (χ2n) is 13.8. The van der Waals surface area contributed by atoms with E-state index in [1.165, 1.54) is 12.1 Å². The molecule has 1 saturated carbocycles. The molecule has 1 aliphatic carbocycles. The van der Waals surface area contributed by atoms with Crippen molar-refractivity contribution in [2.75, 3.05) is 0 Å². The van der Waals surface area contributed by atoms with Gasteiger partial charge in [0.15, 0.2) is 0 Å². The van der Waals surface area contributed by atoms with Gasteiger partial charge in [-0.3, -0.25) is 9.98 Å². The predicted molar refractivity (Wildman–Crippen MR) is 187 cm³/mol. The van der Waals surface area contributed by atoms with Gasteiger partial charge < -0.3 is 20.1 Å². The molecule has 251 valence electrons. The minimum atomic E-state index is -0.130. The van der Waals surface area contributed by atoms with Gasteiger partial charge in [0.05, 0.1) is 12.1 Å². The van der Waals surface area contributed by atoms with Crippen molar-refractivity contribution in [1.29, 1.82) is 0 Å². The Morgan fingerprint density at radius 2 is 1.04 bits per heavy atom. The summed E-state index contributed by atoms with van der Waals surface area (Å²) in [6.45, 7) is 12.6. The molecule has 0 spiro atoms. The molecule has 7 heteroatoms. The molecule has 2 atom stereocenters. The van der Waals surface area contributed by atoms with Gasteiger partial charge in [-0.2, -0.15) is 0 Å². The van der Waals surface area contributed by atoms with Crippen LogP contribution in [-0.2, 0) is 27.6 Å². The van der Waals surface area contributed by atoms with Crippen molar-refractivity contribution in [3.8, 4) is 28.7 Å². The summed E-state index contributed by atoms with van der Waals surface area (Å²) in [6.07, 6.45) is 7.83. The molecule has 0 aromatic heterocycles. The quantitative estimate of drug-likeness (QED) is 0.199. The number of ether oxygens (including phenoxy) is 1. The third-order valence-electron chi connectivity index (χ3n) is 8.06. The van der Waals surface area contributed by atoms with Crippen LogP contribution in [0, 0.1) is 0 Å². The first kappa shape index (κ1) is 37.4. The van der Waals surface area contributed by atoms with E-state index < -0.39 is 0 Å². The van der Waals surface area contributed by atoms with Crippen LogP contribution in [0.15, 0.2) is 101 Å². The van der Waals surface area contributed by atoms with Crippen LogP contribution in [0.1, 0.15) is 89.5 Å². The molecular formula is C40H47CoN2O4-. The molecule has 5 rings (SSSR count). The van der Waals surface area contributed by atoms with Gasteiger partial charge >= 0.3 is 0 Å². The largest absolute Gasteiger partial charge is 0.872 e. The Morgan fingerprint density at radius 1 is 0.617 bits per heavy atom. The monoisotopic (exact) mass is 678 g/mol. The third kappa shape index (κ3) is 10.7. The van der Waals surface area contributed by atoms with Gasteiger partial charge in [-0.15, -0.1) is 5.75 Å². The molecule has 47 heavy (non-hydrogen) atoms. The SMILES string of the molecule is CC(C)(C)c1cccc(C=NC2CCCCC2N=Cc2cccc(C(C)(C)C)c2O)c1O.[Co].[O-]c1ccc(Oc2ccccc2)cc1. The van der Waals surface area contributed by atoms with Gasteiger partial charge in [0, 0.05) is 40.3 Å². The smallest absolute Gasteiger partial charge is 0.128 e. The topological polar surface area (TPSA) is 97.5 Å². The van der Waals surface area contributed by atoms with E-state index in [4.69, 9.17) is 14.7 Å². The Bertz CT molecular complexity index is 1540. The molecule has 4 aromatic rings. The molecule has 0 bridgehead atoms. The first-order chi connectivity index (χ1) is 21.8. The van der Waals surface area contributed by atoms with Crippen LogP contribution in [0.25, 0.3) is 0 Å². The fraction of sp³-hybridized carbons (Fsp3) is 0.350. The molecule has 0 aliphatic heterocycles. The Hall–Kier alpha value is -4.07.